The number of aryl methyl sites for hydroxylation is 1. The summed E-state index contributed by atoms with van der Waals surface area (Å²) in [7, 11) is 3.44. The highest BCUT2D eigenvalue weighted by atomic mass is 16.2. The summed E-state index contributed by atoms with van der Waals surface area (Å²) in [6, 6.07) is 3.22. The second kappa shape index (κ2) is 9.22. The predicted molar refractivity (Wildman–Crippen MR) is 142 cm³/mol. The summed E-state index contributed by atoms with van der Waals surface area (Å²) in [6.45, 7) is 7.35. The van der Waals surface area contributed by atoms with Crippen molar-refractivity contribution in [1.29, 1.82) is 0 Å². The SMILES string of the molecule is CNc1ncc2cc(N3CCC(NC(=O)Nc4cc(C(C)(C)C)nn4-c4cn[nH]c4)C3)c(=O)n(C)c2n1. The number of rotatable bonds is 5. The molecule has 37 heavy (non-hydrogen) atoms. The molecule has 1 saturated heterocycles. The van der Waals surface area contributed by atoms with Gasteiger partial charge >= 0.3 is 6.03 Å². The molecule has 1 aliphatic rings. The third kappa shape index (κ3) is 4.71. The van der Waals surface area contributed by atoms with Crippen LogP contribution < -0.4 is 26.4 Å². The van der Waals surface area contributed by atoms with Gasteiger partial charge in [0.2, 0.25) is 5.95 Å². The zero-order valence-corrected chi connectivity index (χ0v) is 21.5. The van der Waals surface area contributed by atoms with E-state index in [2.05, 4.69) is 62.0 Å². The van der Waals surface area contributed by atoms with Crippen LogP contribution in [0.2, 0.25) is 0 Å². The average molecular weight is 506 g/mol. The fraction of sp³-hybridized carbons (Fsp3) is 0.417. The van der Waals surface area contributed by atoms with Gasteiger partial charge in [0, 0.05) is 62.5 Å². The molecule has 1 aliphatic heterocycles. The van der Waals surface area contributed by atoms with Crippen molar-refractivity contribution in [3.05, 3.63) is 46.8 Å². The van der Waals surface area contributed by atoms with E-state index in [1.54, 1.807) is 37.4 Å². The molecule has 0 radical (unpaired) electrons. The normalized spacial score (nSPS) is 15.8. The lowest BCUT2D eigenvalue weighted by molar-refractivity contribution is 0.249. The van der Waals surface area contributed by atoms with E-state index in [1.165, 1.54) is 4.57 Å². The van der Waals surface area contributed by atoms with Gasteiger partial charge in [-0.2, -0.15) is 15.2 Å². The van der Waals surface area contributed by atoms with Crippen LogP contribution in [-0.4, -0.2) is 66.7 Å². The number of aromatic amines is 1. The van der Waals surface area contributed by atoms with E-state index in [-0.39, 0.29) is 23.0 Å². The molecular weight excluding hydrogens is 474 g/mol. The van der Waals surface area contributed by atoms with Crippen LogP contribution in [0.15, 0.2) is 35.5 Å². The summed E-state index contributed by atoms with van der Waals surface area (Å²) in [4.78, 5) is 36.7. The number of pyridine rings is 1. The van der Waals surface area contributed by atoms with Crippen molar-refractivity contribution >= 4 is 34.5 Å². The van der Waals surface area contributed by atoms with Crippen LogP contribution in [0.1, 0.15) is 32.9 Å². The molecule has 5 heterocycles. The van der Waals surface area contributed by atoms with Crippen LogP contribution in [-0.2, 0) is 12.5 Å². The first kappa shape index (κ1) is 24.3. The fourth-order valence-electron chi connectivity index (χ4n) is 4.40. The van der Waals surface area contributed by atoms with E-state index in [0.717, 1.165) is 16.8 Å². The molecule has 0 aliphatic carbocycles. The van der Waals surface area contributed by atoms with Crippen LogP contribution in [0.4, 0.5) is 22.2 Å². The fourth-order valence-corrected chi connectivity index (χ4v) is 4.40. The zero-order chi connectivity index (χ0) is 26.3. The van der Waals surface area contributed by atoms with Crippen molar-refractivity contribution in [2.45, 2.75) is 38.6 Å². The molecule has 4 N–H and O–H groups in total. The first-order valence-electron chi connectivity index (χ1n) is 12.1. The Morgan fingerprint density at radius 1 is 1.22 bits per heavy atom. The Morgan fingerprint density at radius 3 is 2.73 bits per heavy atom. The molecule has 2 amide bonds. The highest BCUT2D eigenvalue weighted by molar-refractivity contribution is 5.89. The summed E-state index contributed by atoms with van der Waals surface area (Å²) in [5.74, 6) is 0.999. The van der Waals surface area contributed by atoms with Crippen LogP contribution in [0.25, 0.3) is 16.7 Å². The Hall–Kier alpha value is -4.42. The van der Waals surface area contributed by atoms with Crippen LogP contribution in [0.5, 0.6) is 0 Å². The van der Waals surface area contributed by atoms with E-state index in [9.17, 15) is 9.59 Å². The topological polar surface area (TPSA) is 151 Å². The van der Waals surface area contributed by atoms with Crippen molar-refractivity contribution in [3.8, 4) is 5.69 Å². The summed E-state index contributed by atoms with van der Waals surface area (Å²) in [6.07, 6.45) is 5.77. The van der Waals surface area contributed by atoms with Crippen molar-refractivity contribution in [2.75, 3.05) is 35.7 Å². The number of anilines is 3. The number of carbonyl (C=O) groups is 1. The maximum atomic E-state index is 13.1. The maximum Gasteiger partial charge on any atom is 0.320 e. The number of fused-ring (bicyclic) bond motifs is 1. The molecule has 4 aromatic heterocycles. The lowest BCUT2D eigenvalue weighted by Gasteiger charge is -2.20. The maximum absolute atomic E-state index is 13.1. The van der Waals surface area contributed by atoms with Gasteiger partial charge in [-0.15, -0.1) is 0 Å². The van der Waals surface area contributed by atoms with Crippen molar-refractivity contribution < 1.29 is 4.79 Å². The Balaban J connectivity index is 1.31. The van der Waals surface area contributed by atoms with Crippen LogP contribution >= 0.6 is 0 Å². The monoisotopic (exact) mass is 505 g/mol. The Bertz CT molecular complexity index is 1500. The van der Waals surface area contributed by atoms with Crippen LogP contribution in [0, 0.1) is 0 Å². The lowest BCUT2D eigenvalue weighted by atomic mass is 9.92. The van der Waals surface area contributed by atoms with Gasteiger partial charge < -0.3 is 15.5 Å². The molecule has 13 nitrogen and oxygen atoms in total. The highest BCUT2D eigenvalue weighted by Crippen LogP contribution is 2.26. The molecule has 0 saturated carbocycles. The van der Waals surface area contributed by atoms with Gasteiger partial charge in [-0.05, 0) is 12.5 Å². The Morgan fingerprint density at radius 2 is 2.03 bits per heavy atom. The Labute approximate surface area is 213 Å². The van der Waals surface area contributed by atoms with E-state index in [4.69, 9.17) is 0 Å². The quantitative estimate of drug-likeness (QED) is 0.321. The number of hydrogen-bond acceptors (Lipinski definition) is 8. The van der Waals surface area contributed by atoms with Gasteiger partial charge in [0.05, 0.1) is 11.9 Å². The molecule has 0 spiro atoms. The van der Waals surface area contributed by atoms with E-state index in [1.807, 2.05) is 17.0 Å². The predicted octanol–water partition coefficient (Wildman–Crippen LogP) is 1.98. The number of nitrogens with zero attached hydrogens (tertiary/aromatic N) is 7. The summed E-state index contributed by atoms with van der Waals surface area (Å²) in [5, 5.41) is 21.1. The molecule has 13 heteroatoms. The standard InChI is InChI=1S/C24H31N11O2/c1-24(2,3)18-9-19(35(32-18)16-11-27-28-12-16)30-23(37)29-15-6-7-34(13-15)17-8-14-10-26-22(25-4)31-20(14)33(5)21(17)36/h8-12,15H,6-7,13H2,1-5H3,(H,27,28)(H,25,26,31)(H2,29,30,37). The van der Waals surface area contributed by atoms with E-state index >= 15 is 0 Å². The van der Waals surface area contributed by atoms with Crippen molar-refractivity contribution in [1.82, 2.24) is 39.8 Å². The van der Waals surface area contributed by atoms with E-state index < -0.39 is 0 Å². The summed E-state index contributed by atoms with van der Waals surface area (Å²) < 4.78 is 3.19. The number of hydrogen-bond donors (Lipinski definition) is 4. The van der Waals surface area contributed by atoms with Gasteiger partial charge in [-0.3, -0.25) is 19.8 Å². The molecular formula is C24H31N11O2. The van der Waals surface area contributed by atoms with Gasteiger partial charge in [0.1, 0.15) is 22.8 Å². The summed E-state index contributed by atoms with van der Waals surface area (Å²) in [5.41, 5.74) is 2.35. The Kier molecular flexibility index (Phi) is 6.05. The zero-order valence-electron chi connectivity index (χ0n) is 21.5. The number of amides is 2. The molecule has 1 atom stereocenters. The van der Waals surface area contributed by atoms with Gasteiger partial charge in [0.15, 0.2) is 0 Å². The number of H-pyrrole nitrogens is 1. The third-order valence-electron chi connectivity index (χ3n) is 6.47. The average Bonchev–Trinajstić information content (AvgIpc) is 3.62. The second-order valence-corrected chi connectivity index (χ2v) is 10.2. The molecule has 194 valence electrons. The minimum Gasteiger partial charge on any atom is -0.365 e. The minimum absolute atomic E-state index is 0.129. The number of nitrogens with one attached hydrogen (secondary N) is 4. The first-order valence-corrected chi connectivity index (χ1v) is 12.1. The van der Waals surface area contributed by atoms with Crippen LogP contribution in [0.3, 0.4) is 0 Å². The smallest absolute Gasteiger partial charge is 0.320 e. The molecule has 1 fully saturated rings. The van der Waals surface area contributed by atoms with E-state index in [0.29, 0.717) is 42.6 Å². The van der Waals surface area contributed by atoms with Crippen molar-refractivity contribution in [2.24, 2.45) is 7.05 Å². The third-order valence-corrected chi connectivity index (χ3v) is 6.47. The first-order chi connectivity index (χ1) is 17.6. The van der Waals surface area contributed by atoms with Gasteiger partial charge in [0.25, 0.3) is 5.56 Å². The second-order valence-electron chi connectivity index (χ2n) is 10.2. The summed E-state index contributed by atoms with van der Waals surface area (Å²) >= 11 is 0. The number of aromatic nitrogens is 7. The lowest BCUT2D eigenvalue weighted by Crippen LogP contribution is -2.40. The largest absolute Gasteiger partial charge is 0.365 e. The molecule has 0 bridgehead atoms. The number of urea groups is 1. The van der Waals surface area contributed by atoms with Gasteiger partial charge in [-0.25, -0.2) is 14.5 Å². The van der Waals surface area contributed by atoms with Gasteiger partial charge in [-0.1, -0.05) is 20.8 Å². The molecule has 1 unspecified atom stereocenters. The molecule has 5 rings (SSSR count). The number of carbonyl (C=O) groups excluding carboxylic acids is 1. The highest BCUT2D eigenvalue weighted by Gasteiger charge is 2.28. The van der Waals surface area contributed by atoms with Crippen molar-refractivity contribution in [3.63, 3.8) is 0 Å². The minimum atomic E-state index is -0.337. The molecule has 0 aromatic carbocycles. The molecule has 4 aromatic rings.